The Morgan fingerprint density at radius 2 is 2.19 bits per heavy atom. The van der Waals surface area contributed by atoms with Crippen LogP contribution in [0.3, 0.4) is 0 Å². The zero-order chi connectivity index (χ0) is 15.2. The molecule has 1 aromatic heterocycles. The Morgan fingerprint density at radius 1 is 1.43 bits per heavy atom. The highest BCUT2D eigenvalue weighted by Gasteiger charge is 2.11. The standard InChI is InChI=1S/C14H15N5OS/c1-3-19-10(2)17-18-14(19)21-9-13(20)16-12-7-5-4-6-11(12)8-15/h4-7H,3,9H2,1-2H3,(H,16,20). The third-order valence-corrected chi connectivity index (χ3v) is 3.84. The Morgan fingerprint density at radius 3 is 2.90 bits per heavy atom. The van der Waals surface area contributed by atoms with Crippen molar-refractivity contribution < 1.29 is 4.79 Å². The maximum atomic E-state index is 12.0. The predicted molar refractivity (Wildman–Crippen MR) is 80.9 cm³/mol. The molecule has 0 spiro atoms. The third kappa shape index (κ3) is 3.61. The summed E-state index contributed by atoms with van der Waals surface area (Å²) < 4.78 is 1.95. The average Bonchev–Trinajstić information content (AvgIpc) is 2.85. The van der Waals surface area contributed by atoms with Crippen LogP contribution in [-0.4, -0.2) is 26.4 Å². The molecule has 0 fully saturated rings. The summed E-state index contributed by atoms with van der Waals surface area (Å²) in [6, 6.07) is 8.96. The number of rotatable bonds is 5. The van der Waals surface area contributed by atoms with Gasteiger partial charge >= 0.3 is 0 Å². The Bertz CT molecular complexity index is 689. The zero-order valence-corrected chi connectivity index (χ0v) is 12.6. The molecule has 0 saturated carbocycles. The number of benzene rings is 1. The molecule has 1 amide bonds. The Hall–Kier alpha value is -2.33. The van der Waals surface area contributed by atoms with E-state index in [4.69, 9.17) is 5.26 Å². The molecular weight excluding hydrogens is 286 g/mol. The van der Waals surface area contributed by atoms with Gasteiger partial charge in [0.05, 0.1) is 17.0 Å². The minimum Gasteiger partial charge on any atom is -0.324 e. The number of aryl methyl sites for hydroxylation is 1. The summed E-state index contributed by atoms with van der Waals surface area (Å²) in [5, 5.41) is 20.5. The number of thioether (sulfide) groups is 1. The summed E-state index contributed by atoms with van der Waals surface area (Å²) in [7, 11) is 0. The summed E-state index contributed by atoms with van der Waals surface area (Å²) in [5.41, 5.74) is 0.974. The van der Waals surface area contributed by atoms with Crippen LogP contribution < -0.4 is 5.32 Å². The lowest BCUT2D eigenvalue weighted by atomic mass is 10.2. The topological polar surface area (TPSA) is 83.6 Å². The minimum atomic E-state index is -0.175. The Kier molecular flexibility index (Phi) is 4.95. The van der Waals surface area contributed by atoms with E-state index in [9.17, 15) is 4.79 Å². The molecular formula is C14H15N5OS. The fraction of sp³-hybridized carbons (Fsp3) is 0.286. The van der Waals surface area contributed by atoms with Gasteiger partial charge in [-0.25, -0.2) is 0 Å². The molecule has 0 bridgehead atoms. The highest BCUT2D eigenvalue weighted by molar-refractivity contribution is 7.99. The van der Waals surface area contributed by atoms with Crippen LogP contribution in [0.1, 0.15) is 18.3 Å². The molecule has 0 radical (unpaired) electrons. The number of anilines is 1. The van der Waals surface area contributed by atoms with Gasteiger partial charge in [-0.05, 0) is 26.0 Å². The zero-order valence-electron chi connectivity index (χ0n) is 11.8. The average molecular weight is 301 g/mol. The van der Waals surface area contributed by atoms with Gasteiger partial charge in [-0.2, -0.15) is 5.26 Å². The summed E-state index contributed by atoms with van der Waals surface area (Å²) in [6.45, 7) is 4.65. The molecule has 6 nitrogen and oxygen atoms in total. The van der Waals surface area contributed by atoms with Gasteiger partial charge in [-0.1, -0.05) is 23.9 Å². The van der Waals surface area contributed by atoms with Gasteiger partial charge in [-0.3, -0.25) is 4.79 Å². The molecule has 0 aliphatic carbocycles. The Labute approximate surface area is 127 Å². The number of amides is 1. The summed E-state index contributed by atoms with van der Waals surface area (Å²) >= 11 is 1.33. The molecule has 0 unspecified atom stereocenters. The molecule has 2 rings (SSSR count). The van der Waals surface area contributed by atoms with Crippen LogP contribution in [0.25, 0.3) is 0 Å². The molecule has 1 heterocycles. The van der Waals surface area contributed by atoms with Crippen LogP contribution in [0.2, 0.25) is 0 Å². The number of carbonyl (C=O) groups is 1. The second kappa shape index (κ2) is 6.90. The maximum absolute atomic E-state index is 12.0. The van der Waals surface area contributed by atoms with E-state index < -0.39 is 0 Å². The van der Waals surface area contributed by atoms with Crippen molar-refractivity contribution in [1.29, 1.82) is 5.26 Å². The van der Waals surface area contributed by atoms with Gasteiger partial charge in [0.25, 0.3) is 0 Å². The van der Waals surface area contributed by atoms with Crippen molar-refractivity contribution in [2.24, 2.45) is 0 Å². The first-order chi connectivity index (χ1) is 10.2. The van der Waals surface area contributed by atoms with Crippen molar-refractivity contribution in [2.45, 2.75) is 25.5 Å². The highest BCUT2D eigenvalue weighted by atomic mass is 32.2. The molecule has 0 aliphatic rings. The van der Waals surface area contributed by atoms with E-state index in [-0.39, 0.29) is 11.7 Å². The molecule has 0 saturated heterocycles. The molecule has 7 heteroatoms. The van der Waals surface area contributed by atoms with E-state index in [0.717, 1.165) is 17.5 Å². The van der Waals surface area contributed by atoms with Crippen molar-refractivity contribution in [2.75, 3.05) is 11.1 Å². The number of carbonyl (C=O) groups excluding carboxylic acids is 1. The van der Waals surface area contributed by atoms with Crippen molar-refractivity contribution >= 4 is 23.4 Å². The predicted octanol–water partition coefficient (Wildman–Crippen LogP) is 2.21. The van der Waals surface area contributed by atoms with Crippen molar-refractivity contribution in [3.8, 4) is 6.07 Å². The number of hydrogen-bond acceptors (Lipinski definition) is 5. The van der Waals surface area contributed by atoms with Crippen LogP contribution >= 0.6 is 11.8 Å². The fourth-order valence-corrected chi connectivity index (χ4v) is 2.69. The van der Waals surface area contributed by atoms with Crippen LogP contribution in [0, 0.1) is 18.3 Å². The lowest BCUT2D eigenvalue weighted by molar-refractivity contribution is -0.113. The molecule has 2 aromatic rings. The van der Waals surface area contributed by atoms with Gasteiger partial charge in [0.2, 0.25) is 5.91 Å². The normalized spacial score (nSPS) is 10.1. The van der Waals surface area contributed by atoms with E-state index in [1.807, 2.05) is 24.5 Å². The molecule has 1 N–H and O–H groups in total. The van der Waals surface area contributed by atoms with Gasteiger partial charge in [0.15, 0.2) is 5.16 Å². The first-order valence-corrected chi connectivity index (χ1v) is 7.45. The van der Waals surface area contributed by atoms with Gasteiger partial charge in [0.1, 0.15) is 11.9 Å². The van der Waals surface area contributed by atoms with Crippen molar-refractivity contribution in [3.63, 3.8) is 0 Å². The second-order valence-corrected chi connectivity index (χ2v) is 5.21. The molecule has 21 heavy (non-hydrogen) atoms. The van der Waals surface area contributed by atoms with Crippen LogP contribution in [-0.2, 0) is 11.3 Å². The Balaban J connectivity index is 1.98. The number of aromatic nitrogens is 3. The number of hydrogen-bond donors (Lipinski definition) is 1. The van der Waals surface area contributed by atoms with E-state index in [1.165, 1.54) is 11.8 Å². The van der Waals surface area contributed by atoms with E-state index >= 15 is 0 Å². The number of nitrogens with one attached hydrogen (secondary N) is 1. The van der Waals surface area contributed by atoms with E-state index in [0.29, 0.717) is 11.3 Å². The monoisotopic (exact) mass is 301 g/mol. The van der Waals surface area contributed by atoms with E-state index in [2.05, 4.69) is 15.5 Å². The minimum absolute atomic E-state index is 0.175. The lowest BCUT2D eigenvalue weighted by Gasteiger charge is -2.07. The van der Waals surface area contributed by atoms with Crippen molar-refractivity contribution in [3.05, 3.63) is 35.7 Å². The van der Waals surface area contributed by atoms with E-state index in [1.54, 1.807) is 24.3 Å². The van der Waals surface area contributed by atoms with Gasteiger partial charge in [0, 0.05) is 6.54 Å². The fourth-order valence-electron chi connectivity index (χ4n) is 1.84. The third-order valence-electron chi connectivity index (χ3n) is 2.87. The number of nitrogens with zero attached hydrogens (tertiary/aromatic N) is 4. The molecule has 0 atom stereocenters. The van der Waals surface area contributed by atoms with Crippen LogP contribution in [0.4, 0.5) is 5.69 Å². The van der Waals surface area contributed by atoms with Gasteiger partial charge < -0.3 is 9.88 Å². The second-order valence-electron chi connectivity index (χ2n) is 4.27. The molecule has 108 valence electrons. The van der Waals surface area contributed by atoms with Gasteiger partial charge in [-0.15, -0.1) is 10.2 Å². The summed E-state index contributed by atoms with van der Waals surface area (Å²) in [5.74, 6) is 0.874. The highest BCUT2D eigenvalue weighted by Crippen LogP contribution is 2.18. The van der Waals surface area contributed by atoms with Crippen LogP contribution in [0.15, 0.2) is 29.4 Å². The molecule has 0 aliphatic heterocycles. The summed E-state index contributed by atoms with van der Waals surface area (Å²) in [6.07, 6.45) is 0. The smallest absolute Gasteiger partial charge is 0.234 e. The van der Waals surface area contributed by atoms with Crippen molar-refractivity contribution in [1.82, 2.24) is 14.8 Å². The lowest BCUT2D eigenvalue weighted by Crippen LogP contribution is -2.15. The van der Waals surface area contributed by atoms with Crippen LogP contribution in [0.5, 0.6) is 0 Å². The SMILES string of the molecule is CCn1c(C)nnc1SCC(=O)Nc1ccccc1C#N. The number of para-hydroxylation sites is 1. The quantitative estimate of drug-likeness (QED) is 0.856. The summed E-state index contributed by atoms with van der Waals surface area (Å²) in [4.78, 5) is 12.0. The largest absolute Gasteiger partial charge is 0.324 e. The number of nitriles is 1. The first-order valence-electron chi connectivity index (χ1n) is 6.47. The molecule has 1 aromatic carbocycles. The maximum Gasteiger partial charge on any atom is 0.234 e. The first kappa shape index (κ1) is 15.1.